The number of amides is 1. The quantitative estimate of drug-likeness (QED) is 0.0196. The number of carbonyl (C=O) groups excluding carboxylic acids is 2. The Kier molecular flexibility index (Phi) is 40.3. The Morgan fingerprint density at radius 1 is 0.562 bits per heavy atom. The highest BCUT2D eigenvalue weighted by molar-refractivity contribution is 5.76. The van der Waals surface area contributed by atoms with Crippen molar-refractivity contribution in [1.29, 1.82) is 0 Å². The van der Waals surface area contributed by atoms with Crippen LogP contribution in [-0.4, -0.2) is 100 Å². The van der Waals surface area contributed by atoms with E-state index in [4.69, 9.17) is 14.2 Å². The largest absolute Gasteiger partial charge is 0.466 e. The summed E-state index contributed by atoms with van der Waals surface area (Å²) < 4.78 is 16.6. The van der Waals surface area contributed by atoms with Crippen molar-refractivity contribution < 1.29 is 49.3 Å². The molecule has 372 valence electrons. The highest BCUT2D eigenvalue weighted by Gasteiger charge is 2.44. The molecule has 0 aromatic rings. The fourth-order valence-corrected chi connectivity index (χ4v) is 7.69. The van der Waals surface area contributed by atoms with Gasteiger partial charge in [0.1, 0.15) is 24.4 Å². The second-order valence-corrected chi connectivity index (χ2v) is 17.8. The first-order valence-electron chi connectivity index (χ1n) is 25.9. The van der Waals surface area contributed by atoms with Gasteiger partial charge in [0.25, 0.3) is 0 Å². The minimum Gasteiger partial charge on any atom is -0.466 e. The number of rotatable bonds is 43. The third kappa shape index (κ3) is 33.1. The number of carbonyl (C=O) groups is 2. The summed E-state index contributed by atoms with van der Waals surface area (Å²) in [5.74, 6) is -0.274. The molecule has 11 nitrogen and oxygen atoms in total. The highest BCUT2D eigenvalue weighted by atomic mass is 16.7. The topological polar surface area (TPSA) is 175 Å². The number of hydrogen-bond acceptors (Lipinski definition) is 10. The van der Waals surface area contributed by atoms with Crippen molar-refractivity contribution in [2.45, 2.75) is 256 Å². The first-order chi connectivity index (χ1) is 31.2. The van der Waals surface area contributed by atoms with E-state index in [9.17, 15) is 35.1 Å². The minimum atomic E-state index is -1.59. The van der Waals surface area contributed by atoms with Gasteiger partial charge in [-0.1, -0.05) is 159 Å². The summed E-state index contributed by atoms with van der Waals surface area (Å²) in [4.78, 5) is 25.0. The second-order valence-electron chi connectivity index (χ2n) is 17.8. The van der Waals surface area contributed by atoms with Crippen LogP contribution in [0.4, 0.5) is 0 Å². The molecular formula is C53H95NO10. The van der Waals surface area contributed by atoms with Gasteiger partial charge in [-0.25, -0.2) is 0 Å². The predicted molar refractivity (Wildman–Crippen MR) is 260 cm³/mol. The van der Waals surface area contributed by atoms with Crippen LogP contribution in [0.2, 0.25) is 0 Å². The molecule has 1 rings (SSSR count). The van der Waals surface area contributed by atoms with Crippen LogP contribution >= 0.6 is 0 Å². The molecular weight excluding hydrogens is 811 g/mol. The van der Waals surface area contributed by atoms with Crippen LogP contribution in [0.5, 0.6) is 0 Å². The van der Waals surface area contributed by atoms with Crippen molar-refractivity contribution in [3.63, 3.8) is 0 Å². The smallest absolute Gasteiger partial charge is 0.305 e. The summed E-state index contributed by atoms with van der Waals surface area (Å²) in [5, 5.41) is 54.2. The van der Waals surface area contributed by atoms with Crippen molar-refractivity contribution in [2.75, 3.05) is 19.8 Å². The summed E-state index contributed by atoms with van der Waals surface area (Å²) >= 11 is 0. The Balaban J connectivity index is 2.25. The van der Waals surface area contributed by atoms with E-state index in [0.29, 0.717) is 32.3 Å². The lowest BCUT2D eigenvalue weighted by atomic mass is 9.99. The van der Waals surface area contributed by atoms with E-state index in [1.165, 1.54) is 77.0 Å². The molecule has 0 bridgehead atoms. The van der Waals surface area contributed by atoms with Crippen molar-refractivity contribution >= 4 is 11.9 Å². The van der Waals surface area contributed by atoms with Gasteiger partial charge in [0.05, 0.1) is 32.0 Å². The Labute approximate surface area is 389 Å². The lowest BCUT2D eigenvalue weighted by molar-refractivity contribution is -0.302. The average Bonchev–Trinajstić information content (AvgIpc) is 3.29. The van der Waals surface area contributed by atoms with Crippen LogP contribution in [-0.2, 0) is 23.8 Å². The number of aliphatic hydroxyl groups excluding tert-OH is 5. The van der Waals surface area contributed by atoms with Gasteiger partial charge in [0, 0.05) is 12.8 Å². The van der Waals surface area contributed by atoms with Crippen LogP contribution in [0.1, 0.15) is 213 Å². The number of esters is 1. The Morgan fingerprint density at radius 2 is 1.02 bits per heavy atom. The number of ether oxygens (including phenoxy) is 3. The van der Waals surface area contributed by atoms with E-state index in [0.717, 1.165) is 96.3 Å². The molecule has 0 saturated carbocycles. The fourth-order valence-electron chi connectivity index (χ4n) is 7.69. The first-order valence-corrected chi connectivity index (χ1v) is 25.9. The van der Waals surface area contributed by atoms with Gasteiger partial charge in [0.2, 0.25) is 5.91 Å². The molecule has 1 fully saturated rings. The first kappa shape index (κ1) is 59.6. The zero-order valence-electron chi connectivity index (χ0n) is 40.5. The summed E-state index contributed by atoms with van der Waals surface area (Å²) in [7, 11) is 0. The Morgan fingerprint density at radius 3 is 1.58 bits per heavy atom. The average molecular weight is 906 g/mol. The van der Waals surface area contributed by atoms with E-state index in [1.54, 1.807) is 6.08 Å². The summed E-state index contributed by atoms with van der Waals surface area (Å²) in [6, 6.07) is -0.853. The molecule has 7 unspecified atom stereocenters. The molecule has 1 aliphatic heterocycles. The van der Waals surface area contributed by atoms with E-state index < -0.39 is 49.5 Å². The van der Waals surface area contributed by atoms with E-state index in [2.05, 4.69) is 55.6 Å². The fraction of sp³-hybridized carbons (Fsp3) is 0.811. The lowest BCUT2D eigenvalue weighted by Gasteiger charge is -2.40. The predicted octanol–water partition coefficient (Wildman–Crippen LogP) is 10.5. The molecule has 0 radical (unpaired) electrons. The second kappa shape index (κ2) is 43.2. The van der Waals surface area contributed by atoms with Gasteiger partial charge in [-0.15, -0.1) is 0 Å². The van der Waals surface area contributed by atoms with Gasteiger partial charge < -0.3 is 45.1 Å². The van der Waals surface area contributed by atoms with Crippen LogP contribution in [0.3, 0.4) is 0 Å². The van der Waals surface area contributed by atoms with Crippen molar-refractivity contribution in [3.8, 4) is 0 Å². The number of unbranched alkanes of at least 4 members (excludes halogenated alkanes) is 23. The molecule has 1 heterocycles. The molecule has 0 aliphatic carbocycles. The third-order valence-electron chi connectivity index (χ3n) is 11.9. The van der Waals surface area contributed by atoms with Gasteiger partial charge in [-0.05, 0) is 89.9 Å². The number of aliphatic hydroxyl groups is 5. The van der Waals surface area contributed by atoms with E-state index >= 15 is 0 Å². The number of nitrogens with one attached hydrogen (secondary N) is 1. The molecule has 0 spiro atoms. The molecule has 64 heavy (non-hydrogen) atoms. The molecule has 1 amide bonds. The standard InChI is InChI=1S/C53H95NO10/c1-3-5-7-9-11-13-15-16-20-23-27-31-35-39-46(56)45(44-63-53-52(61)51(60)50(59)47(43-55)64-53)54-48(57)40-36-32-28-24-21-17-18-22-26-30-34-38-42-62-49(58)41-37-33-29-25-19-14-12-10-8-6-4-2/h11,13,18,20,22-23,35,39,45-47,50-53,55-56,59-61H,3-10,12,14-17,19,21,24-34,36-38,40-44H2,1-2H3,(H,54,57)/b13-11+,22-18-,23-20+,39-35+. The lowest BCUT2D eigenvalue weighted by Crippen LogP contribution is -2.60. The van der Waals surface area contributed by atoms with E-state index in [1.807, 2.05) is 6.08 Å². The monoisotopic (exact) mass is 906 g/mol. The highest BCUT2D eigenvalue weighted by Crippen LogP contribution is 2.22. The van der Waals surface area contributed by atoms with E-state index in [-0.39, 0.29) is 18.5 Å². The normalized spacial score (nSPS) is 20.3. The minimum absolute atomic E-state index is 0.0500. The number of allylic oxidation sites excluding steroid dienone is 7. The van der Waals surface area contributed by atoms with Crippen LogP contribution in [0.25, 0.3) is 0 Å². The molecule has 11 heteroatoms. The molecule has 6 N–H and O–H groups in total. The maximum Gasteiger partial charge on any atom is 0.305 e. The summed E-state index contributed by atoms with van der Waals surface area (Å²) in [6.45, 7) is 4.18. The van der Waals surface area contributed by atoms with Gasteiger partial charge in [0.15, 0.2) is 6.29 Å². The zero-order chi connectivity index (χ0) is 46.7. The third-order valence-corrected chi connectivity index (χ3v) is 11.9. The maximum absolute atomic E-state index is 13.0. The number of hydrogen-bond donors (Lipinski definition) is 6. The van der Waals surface area contributed by atoms with Crippen LogP contribution in [0.15, 0.2) is 48.6 Å². The van der Waals surface area contributed by atoms with Crippen molar-refractivity contribution in [3.05, 3.63) is 48.6 Å². The molecule has 0 aromatic carbocycles. The summed E-state index contributed by atoms with van der Waals surface area (Å²) in [5.41, 5.74) is 0. The SMILES string of the molecule is CCCCC/C=C/CC/C=C/CC/C=C/C(O)C(COC1OC(CO)C(O)C(O)C1O)NC(=O)CCCCCCC/C=C\CCCCCOC(=O)CCCCCCCCCCCCC. The Bertz CT molecular complexity index is 1210. The molecule has 1 aliphatic rings. The van der Waals surface area contributed by atoms with Gasteiger partial charge >= 0.3 is 5.97 Å². The maximum atomic E-state index is 13.0. The Hall–Kier alpha value is -2.38. The van der Waals surface area contributed by atoms with Gasteiger partial charge in [-0.2, -0.15) is 0 Å². The van der Waals surface area contributed by atoms with Crippen molar-refractivity contribution in [2.24, 2.45) is 0 Å². The molecule has 7 atom stereocenters. The van der Waals surface area contributed by atoms with Crippen LogP contribution < -0.4 is 5.32 Å². The summed E-state index contributed by atoms with van der Waals surface area (Å²) in [6.07, 6.45) is 41.8. The molecule has 1 saturated heterocycles. The zero-order valence-corrected chi connectivity index (χ0v) is 40.5. The molecule has 0 aromatic heterocycles. The van der Waals surface area contributed by atoms with Crippen LogP contribution in [0, 0.1) is 0 Å². The van der Waals surface area contributed by atoms with Crippen molar-refractivity contribution in [1.82, 2.24) is 5.32 Å². The van der Waals surface area contributed by atoms with Gasteiger partial charge in [-0.3, -0.25) is 9.59 Å².